The molecule has 0 aliphatic carbocycles. The lowest BCUT2D eigenvalue weighted by molar-refractivity contribution is -0.143. The summed E-state index contributed by atoms with van der Waals surface area (Å²) >= 11 is 1.53. The summed E-state index contributed by atoms with van der Waals surface area (Å²) in [6.45, 7) is 5.24. The summed E-state index contributed by atoms with van der Waals surface area (Å²) in [7, 11) is 1.78. The van der Waals surface area contributed by atoms with Gasteiger partial charge in [-0.3, -0.25) is 9.59 Å². The van der Waals surface area contributed by atoms with E-state index >= 15 is 0 Å². The molecular formula is C19H25N3O3S. The molecule has 2 bridgehead atoms. The molecule has 4 heterocycles. The Morgan fingerprint density at radius 2 is 2.27 bits per heavy atom. The average Bonchev–Trinajstić information content (AvgIpc) is 3.38. The Kier molecular flexibility index (Phi) is 4.39. The van der Waals surface area contributed by atoms with Gasteiger partial charge in [-0.1, -0.05) is 26.0 Å². The van der Waals surface area contributed by atoms with Crippen molar-refractivity contribution in [3.63, 3.8) is 0 Å². The van der Waals surface area contributed by atoms with Gasteiger partial charge in [-0.05, 0) is 12.8 Å². The first kappa shape index (κ1) is 17.7. The zero-order valence-electron chi connectivity index (χ0n) is 15.4. The average molecular weight is 375 g/mol. The highest BCUT2D eigenvalue weighted by atomic mass is 32.1. The molecule has 2 amide bonds. The Morgan fingerprint density at radius 1 is 1.50 bits per heavy atom. The van der Waals surface area contributed by atoms with Gasteiger partial charge in [0.05, 0.1) is 31.0 Å². The van der Waals surface area contributed by atoms with Crippen LogP contribution in [-0.2, 0) is 20.9 Å². The Hall–Kier alpha value is -1.73. The van der Waals surface area contributed by atoms with Crippen molar-refractivity contribution >= 4 is 23.2 Å². The van der Waals surface area contributed by atoms with Gasteiger partial charge in [0.15, 0.2) is 0 Å². The van der Waals surface area contributed by atoms with E-state index in [0.29, 0.717) is 13.1 Å². The van der Waals surface area contributed by atoms with Crippen molar-refractivity contribution < 1.29 is 14.3 Å². The Bertz CT molecular complexity index is 730. The van der Waals surface area contributed by atoms with E-state index in [4.69, 9.17) is 4.74 Å². The number of thiazole rings is 1. The lowest BCUT2D eigenvalue weighted by Gasteiger charge is -2.29. The fourth-order valence-electron chi connectivity index (χ4n) is 4.71. The van der Waals surface area contributed by atoms with Gasteiger partial charge in [-0.2, -0.15) is 0 Å². The Balaban J connectivity index is 1.57. The van der Waals surface area contributed by atoms with Gasteiger partial charge >= 0.3 is 0 Å². The fraction of sp³-hybridized carbons (Fsp3) is 0.632. The number of nitrogens with zero attached hydrogens (tertiary/aromatic N) is 3. The number of hydrogen-bond acceptors (Lipinski definition) is 5. The number of likely N-dealkylation sites (tertiary alicyclic amines) is 1. The van der Waals surface area contributed by atoms with Gasteiger partial charge in [0.2, 0.25) is 11.8 Å². The first-order valence-corrected chi connectivity index (χ1v) is 10.2. The number of aromatic nitrogens is 1. The number of carbonyl (C=O) groups is 2. The maximum Gasteiger partial charge on any atom is 0.230 e. The molecule has 26 heavy (non-hydrogen) atoms. The van der Waals surface area contributed by atoms with Crippen molar-refractivity contribution in [1.29, 1.82) is 0 Å². The molecule has 0 N–H and O–H groups in total. The first-order chi connectivity index (χ1) is 12.5. The van der Waals surface area contributed by atoms with Crippen LogP contribution in [0, 0.1) is 11.8 Å². The highest BCUT2D eigenvalue weighted by Gasteiger charge is 2.67. The van der Waals surface area contributed by atoms with Crippen LogP contribution < -0.4 is 0 Å². The van der Waals surface area contributed by atoms with Gasteiger partial charge in [0.1, 0.15) is 10.6 Å². The molecule has 140 valence electrons. The van der Waals surface area contributed by atoms with Gasteiger partial charge in [-0.15, -0.1) is 11.3 Å². The lowest BCUT2D eigenvalue weighted by atomic mass is 9.76. The van der Waals surface area contributed by atoms with Crippen LogP contribution in [0.2, 0.25) is 0 Å². The fourth-order valence-corrected chi connectivity index (χ4v) is 5.38. The molecular weight excluding hydrogens is 350 g/mol. The second-order valence-corrected chi connectivity index (χ2v) is 8.44. The van der Waals surface area contributed by atoms with E-state index in [1.807, 2.05) is 22.4 Å². The number of amides is 2. The van der Waals surface area contributed by atoms with Crippen LogP contribution in [0.5, 0.6) is 0 Å². The Labute approximate surface area is 157 Å². The van der Waals surface area contributed by atoms with Crippen LogP contribution in [0.4, 0.5) is 0 Å². The lowest BCUT2D eigenvalue weighted by Crippen LogP contribution is -2.45. The third-order valence-electron chi connectivity index (χ3n) is 6.03. The quantitative estimate of drug-likeness (QED) is 0.714. The van der Waals surface area contributed by atoms with Gasteiger partial charge in [0.25, 0.3) is 0 Å². The van der Waals surface area contributed by atoms with Crippen LogP contribution in [0.15, 0.2) is 23.7 Å². The number of ether oxygens (including phenoxy) is 1. The minimum absolute atomic E-state index is 0.0267. The van der Waals surface area contributed by atoms with E-state index in [-0.39, 0.29) is 24.0 Å². The minimum Gasteiger partial charge on any atom is -0.360 e. The Morgan fingerprint density at radius 3 is 2.92 bits per heavy atom. The molecule has 0 saturated carbocycles. The second-order valence-electron chi connectivity index (χ2n) is 7.46. The third-order valence-corrected chi connectivity index (χ3v) is 6.79. The topological polar surface area (TPSA) is 62.7 Å². The summed E-state index contributed by atoms with van der Waals surface area (Å²) in [4.78, 5) is 34.3. The van der Waals surface area contributed by atoms with Crippen LogP contribution in [0.1, 0.15) is 31.7 Å². The molecule has 0 unspecified atom stereocenters. The predicted molar refractivity (Wildman–Crippen MR) is 98.4 cm³/mol. The smallest absolute Gasteiger partial charge is 0.230 e. The van der Waals surface area contributed by atoms with Crippen LogP contribution >= 0.6 is 11.3 Å². The maximum absolute atomic E-state index is 13.2. The molecule has 1 aromatic rings. The van der Waals surface area contributed by atoms with Crippen LogP contribution in [-0.4, -0.2) is 57.9 Å². The SMILES string of the molecule is CCC(CC)N1C[C@]23C=C[C@H](O2)[C@@H](C(=O)N(C)Cc2nccs2)[C@@H]3C1=O. The van der Waals surface area contributed by atoms with E-state index in [9.17, 15) is 9.59 Å². The molecule has 3 aliphatic rings. The number of fused-ring (bicyclic) bond motifs is 1. The number of rotatable bonds is 6. The maximum atomic E-state index is 13.2. The van der Waals surface area contributed by atoms with E-state index in [1.54, 1.807) is 18.1 Å². The summed E-state index contributed by atoms with van der Waals surface area (Å²) in [6, 6.07) is 0.210. The van der Waals surface area contributed by atoms with E-state index < -0.39 is 17.4 Å². The standard InChI is InChI=1S/C19H25N3O3S/c1-4-12(5-2)22-11-19-7-6-13(25-19)15(16(19)18(22)24)17(23)21(3)10-14-20-8-9-26-14/h6-9,12-13,15-16H,4-5,10-11H2,1-3H3/t13-,15+,16+,19-/m0/s1. The van der Waals surface area contributed by atoms with Gasteiger partial charge in [-0.25, -0.2) is 4.98 Å². The zero-order chi connectivity index (χ0) is 18.5. The minimum atomic E-state index is -0.618. The molecule has 6 nitrogen and oxygen atoms in total. The summed E-state index contributed by atoms with van der Waals surface area (Å²) < 4.78 is 6.21. The van der Waals surface area contributed by atoms with Crippen LogP contribution in [0.3, 0.4) is 0 Å². The molecule has 0 radical (unpaired) electrons. The molecule has 3 aliphatic heterocycles. The van der Waals surface area contributed by atoms with Crippen molar-refractivity contribution in [1.82, 2.24) is 14.8 Å². The highest BCUT2D eigenvalue weighted by Crippen LogP contribution is 2.52. The van der Waals surface area contributed by atoms with Crippen molar-refractivity contribution in [3.05, 3.63) is 28.7 Å². The summed E-state index contributed by atoms with van der Waals surface area (Å²) in [6.07, 6.45) is 7.28. The molecule has 0 aromatic carbocycles. The summed E-state index contributed by atoms with van der Waals surface area (Å²) in [5.74, 6) is -0.783. The van der Waals surface area contributed by atoms with Crippen molar-refractivity contribution in [2.75, 3.05) is 13.6 Å². The van der Waals surface area contributed by atoms with E-state index in [1.165, 1.54) is 11.3 Å². The molecule has 1 spiro atoms. The monoisotopic (exact) mass is 375 g/mol. The molecule has 7 heteroatoms. The van der Waals surface area contributed by atoms with E-state index in [0.717, 1.165) is 17.8 Å². The molecule has 2 saturated heterocycles. The van der Waals surface area contributed by atoms with E-state index in [2.05, 4.69) is 18.8 Å². The van der Waals surface area contributed by atoms with Crippen molar-refractivity contribution in [2.24, 2.45) is 11.8 Å². The molecule has 2 fully saturated rings. The van der Waals surface area contributed by atoms with Crippen molar-refractivity contribution in [2.45, 2.75) is 51.0 Å². The highest BCUT2D eigenvalue weighted by molar-refractivity contribution is 7.09. The third kappa shape index (κ3) is 2.52. The first-order valence-electron chi connectivity index (χ1n) is 9.31. The van der Waals surface area contributed by atoms with Gasteiger partial charge in [0, 0.05) is 24.7 Å². The zero-order valence-corrected chi connectivity index (χ0v) is 16.2. The normalized spacial score (nSPS) is 31.9. The number of carbonyl (C=O) groups excluding carboxylic acids is 2. The van der Waals surface area contributed by atoms with Gasteiger partial charge < -0.3 is 14.5 Å². The molecule has 4 rings (SSSR count). The predicted octanol–water partition coefficient (Wildman–Crippen LogP) is 2.07. The van der Waals surface area contributed by atoms with Crippen LogP contribution in [0.25, 0.3) is 0 Å². The molecule has 1 aromatic heterocycles. The second kappa shape index (κ2) is 6.46. The largest absolute Gasteiger partial charge is 0.360 e. The summed E-state index contributed by atoms with van der Waals surface area (Å²) in [5, 5.41) is 2.80. The summed E-state index contributed by atoms with van der Waals surface area (Å²) in [5.41, 5.74) is -0.618. The number of hydrogen-bond donors (Lipinski definition) is 0. The molecule has 4 atom stereocenters. The van der Waals surface area contributed by atoms with Crippen molar-refractivity contribution in [3.8, 4) is 0 Å².